The molecule has 0 N–H and O–H groups in total. The van der Waals surface area contributed by atoms with Gasteiger partial charge in [-0.25, -0.2) is 0 Å². The molecule has 0 aromatic heterocycles. The zero-order valence-corrected chi connectivity index (χ0v) is 14.4. The van der Waals surface area contributed by atoms with E-state index < -0.39 is 0 Å². The van der Waals surface area contributed by atoms with Gasteiger partial charge in [-0.2, -0.15) is 0 Å². The van der Waals surface area contributed by atoms with Crippen LogP contribution in [0.1, 0.15) is 37.0 Å². The quantitative estimate of drug-likeness (QED) is 0.777. The Kier molecular flexibility index (Phi) is 5.80. The Morgan fingerprint density at radius 3 is 2.48 bits per heavy atom. The van der Waals surface area contributed by atoms with Crippen LogP contribution < -0.4 is 9.64 Å². The second-order valence-electron chi connectivity index (χ2n) is 5.68. The largest absolute Gasteiger partial charge is 0.489 e. The molecule has 2 aromatic carbocycles. The van der Waals surface area contributed by atoms with Gasteiger partial charge in [-0.3, -0.25) is 4.79 Å². The summed E-state index contributed by atoms with van der Waals surface area (Å²) in [5.41, 5.74) is 4.31. The van der Waals surface area contributed by atoms with Gasteiger partial charge in [-0.1, -0.05) is 42.8 Å². The van der Waals surface area contributed by atoms with Crippen LogP contribution in [-0.2, 0) is 11.4 Å². The van der Waals surface area contributed by atoms with Gasteiger partial charge in [0.1, 0.15) is 12.4 Å². The Hall–Kier alpha value is -2.29. The average molecular weight is 311 g/mol. The van der Waals surface area contributed by atoms with Crippen LogP contribution in [0.5, 0.6) is 5.75 Å². The van der Waals surface area contributed by atoms with E-state index in [4.69, 9.17) is 4.74 Å². The van der Waals surface area contributed by atoms with Crippen molar-refractivity contribution in [2.45, 2.75) is 40.7 Å². The summed E-state index contributed by atoms with van der Waals surface area (Å²) in [6.07, 6.45) is 0.500. The monoisotopic (exact) mass is 311 g/mol. The van der Waals surface area contributed by atoms with Crippen LogP contribution in [0.3, 0.4) is 0 Å². The van der Waals surface area contributed by atoms with Gasteiger partial charge in [0.05, 0.1) is 5.69 Å². The second-order valence-corrected chi connectivity index (χ2v) is 5.68. The fourth-order valence-corrected chi connectivity index (χ4v) is 2.68. The number of amides is 1. The van der Waals surface area contributed by atoms with Crippen molar-refractivity contribution in [3.8, 4) is 5.75 Å². The van der Waals surface area contributed by atoms with E-state index in [9.17, 15) is 4.79 Å². The van der Waals surface area contributed by atoms with E-state index in [0.717, 1.165) is 22.6 Å². The highest BCUT2D eigenvalue weighted by molar-refractivity contribution is 5.93. The van der Waals surface area contributed by atoms with Crippen LogP contribution in [0, 0.1) is 13.8 Å². The van der Waals surface area contributed by atoms with Crippen molar-refractivity contribution >= 4 is 11.6 Å². The number of aryl methyl sites for hydroxylation is 2. The van der Waals surface area contributed by atoms with Gasteiger partial charge in [0, 0.05) is 18.5 Å². The first kappa shape index (κ1) is 17.1. The topological polar surface area (TPSA) is 29.5 Å². The maximum absolute atomic E-state index is 12.1. The number of benzene rings is 2. The van der Waals surface area contributed by atoms with Crippen LogP contribution in [0.25, 0.3) is 0 Å². The standard InChI is InChI=1S/C20H25NO2/c1-5-20(22)21(6-2)18-10-8-7-9-17(18)14-23-19-12-11-15(3)13-16(19)4/h7-13H,5-6,14H2,1-4H3. The molecule has 0 heterocycles. The first-order chi connectivity index (χ1) is 11.1. The lowest BCUT2D eigenvalue weighted by atomic mass is 10.1. The van der Waals surface area contributed by atoms with Gasteiger partial charge in [-0.05, 0) is 38.5 Å². The summed E-state index contributed by atoms with van der Waals surface area (Å²) >= 11 is 0. The number of carbonyl (C=O) groups excluding carboxylic acids is 1. The van der Waals surface area contributed by atoms with Crippen LogP contribution in [-0.4, -0.2) is 12.5 Å². The van der Waals surface area contributed by atoms with E-state index >= 15 is 0 Å². The van der Waals surface area contributed by atoms with Crippen molar-refractivity contribution in [2.75, 3.05) is 11.4 Å². The molecule has 0 spiro atoms. The summed E-state index contributed by atoms with van der Waals surface area (Å²) < 4.78 is 5.99. The average Bonchev–Trinajstić information content (AvgIpc) is 2.55. The molecule has 2 rings (SSSR count). The molecule has 0 bridgehead atoms. The predicted octanol–water partition coefficient (Wildman–Crippen LogP) is 4.65. The minimum atomic E-state index is 0.131. The van der Waals surface area contributed by atoms with E-state index in [0.29, 0.717) is 19.6 Å². The zero-order chi connectivity index (χ0) is 16.8. The Balaban J connectivity index is 2.22. The lowest BCUT2D eigenvalue weighted by Gasteiger charge is -2.23. The fourth-order valence-electron chi connectivity index (χ4n) is 2.68. The summed E-state index contributed by atoms with van der Waals surface area (Å²) in [4.78, 5) is 14.0. The predicted molar refractivity (Wildman–Crippen MR) is 95.0 cm³/mol. The second kappa shape index (κ2) is 7.82. The molecule has 0 aliphatic rings. The highest BCUT2D eigenvalue weighted by atomic mass is 16.5. The minimum Gasteiger partial charge on any atom is -0.489 e. The lowest BCUT2D eigenvalue weighted by Crippen LogP contribution is -2.30. The normalized spacial score (nSPS) is 10.4. The zero-order valence-electron chi connectivity index (χ0n) is 14.4. The Morgan fingerprint density at radius 1 is 1.09 bits per heavy atom. The van der Waals surface area contributed by atoms with E-state index in [1.165, 1.54) is 5.56 Å². The third-order valence-corrected chi connectivity index (χ3v) is 3.92. The molecular weight excluding hydrogens is 286 g/mol. The number of ether oxygens (including phenoxy) is 1. The number of anilines is 1. The van der Waals surface area contributed by atoms with E-state index in [2.05, 4.69) is 13.0 Å². The van der Waals surface area contributed by atoms with E-state index in [1.54, 1.807) is 0 Å². The molecule has 1 amide bonds. The maximum Gasteiger partial charge on any atom is 0.226 e. The number of hydrogen-bond acceptors (Lipinski definition) is 2. The van der Waals surface area contributed by atoms with Crippen LogP contribution in [0.15, 0.2) is 42.5 Å². The SMILES string of the molecule is CCC(=O)N(CC)c1ccccc1COc1ccc(C)cc1C. The van der Waals surface area contributed by atoms with E-state index in [-0.39, 0.29) is 5.91 Å². The highest BCUT2D eigenvalue weighted by Gasteiger charge is 2.15. The molecule has 0 saturated carbocycles. The van der Waals surface area contributed by atoms with Crippen molar-refractivity contribution in [1.82, 2.24) is 0 Å². The number of nitrogens with zero attached hydrogens (tertiary/aromatic N) is 1. The summed E-state index contributed by atoms with van der Waals surface area (Å²) in [5, 5.41) is 0. The molecule has 0 aliphatic heterocycles. The van der Waals surface area contributed by atoms with Crippen molar-refractivity contribution in [1.29, 1.82) is 0 Å². The number of carbonyl (C=O) groups is 1. The molecule has 3 heteroatoms. The smallest absolute Gasteiger partial charge is 0.226 e. The van der Waals surface area contributed by atoms with E-state index in [1.807, 2.05) is 62.1 Å². The van der Waals surface area contributed by atoms with Gasteiger partial charge < -0.3 is 9.64 Å². The first-order valence-electron chi connectivity index (χ1n) is 8.15. The summed E-state index contributed by atoms with van der Waals surface area (Å²) in [6.45, 7) is 9.12. The fraction of sp³-hybridized carbons (Fsp3) is 0.350. The number of para-hydroxylation sites is 1. The molecule has 122 valence electrons. The van der Waals surface area contributed by atoms with Crippen molar-refractivity contribution < 1.29 is 9.53 Å². The van der Waals surface area contributed by atoms with Crippen LogP contribution in [0.4, 0.5) is 5.69 Å². The highest BCUT2D eigenvalue weighted by Crippen LogP contribution is 2.25. The lowest BCUT2D eigenvalue weighted by molar-refractivity contribution is -0.118. The third kappa shape index (κ3) is 4.13. The molecule has 0 atom stereocenters. The van der Waals surface area contributed by atoms with Crippen LogP contribution in [0.2, 0.25) is 0 Å². The maximum atomic E-state index is 12.1. The van der Waals surface area contributed by atoms with Crippen molar-refractivity contribution in [3.63, 3.8) is 0 Å². The van der Waals surface area contributed by atoms with Crippen molar-refractivity contribution in [2.24, 2.45) is 0 Å². The molecule has 0 saturated heterocycles. The summed E-state index contributed by atoms with van der Waals surface area (Å²) in [5.74, 6) is 1.02. The molecule has 0 unspecified atom stereocenters. The molecule has 0 aliphatic carbocycles. The first-order valence-corrected chi connectivity index (χ1v) is 8.15. The molecule has 0 radical (unpaired) electrons. The number of hydrogen-bond donors (Lipinski definition) is 0. The Labute approximate surface area is 138 Å². The third-order valence-electron chi connectivity index (χ3n) is 3.92. The van der Waals surface area contributed by atoms with Crippen LogP contribution >= 0.6 is 0 Å². The Morgan fingerprint density at radius 2 is 1.83 bits per heavy atom. The molecule has 2 aromatic rings. The minimum absolute atomic E-state index is 0.131. The molecule has 23 heavy (non-hydrogen) atoms. The number of rotatable bonds is 6. The van der Waals surface area contributed by atoms with Gasteiger partial charge in [0.15, 0.2) is 0 Å². The van der Waals surface area contributed by atoms with Gasteiger partial charge >= 0.3 is 0 Å². The van der Waals surface area contributed by atoms with Gasteiger partial charge in [-0.15, -0.1) is 0 Å². The Bertz CT molecular complexity index is 679. The summed E-state index contributed by atoms with van der Waals surface area (Å²) in [7, 11) is 0. The molecular formula is C20H25NO2. The van der Waals surface area contributed by atoms with Crippen molar-refractivity contribution in [3.05, 3.63) is 59.2 Å². The molecule has 0 fully saturated rings. The summed E-state index contributed by atoms with van der Waals surface area (Å²) in [6, 6.07) is 14.1. The van der Waals surface area contributed by atoms with Gasteiger partial charge in [0.25, 0.3) is 0 Å². The molecule has 3 nitrogen and oxygen atoms in total. The van der Waals surface area contributed by atoms with Gasteiger partial charge in [0.2, 0.25) is 5.91 Å².